The lowest BCUT2D eigenvalue weighted by atomic mass is 9.43. The largest absolute Gasteiger partial charge is 0.393 e. The summed E-state index contributed by atoms with van der Waals surface area (Å²) in [5.74, 6) is 1.21. The van der Waals surface area contributed by atoms with Gasteiger partial charge in [-0.15, -0.1) is 0 Å². The first kappa shape index (κ1) is 19.6. The quantitative estimate of drug-likeness (QED) is 0.510. The predicted molar refractivity (Wildman–Crippen MR) is 104 cm³/mol. The third kappa shape index (κ3) is 2.49. The van der Waals surface area contributed by atoms with Gasteiger partial charge >= 0.3 is 0 Å². The van der Waals surface area contributed by atoms with Gasteiger partial charge in [-0.2, -0.15) is 0 Å². The molecule has 3 N–H and O–H groups in total. The molecule has 4 aliphatic carbocycles. The maximum atomic E-state index is 12.0. The Labute approximate surface area is 163 Å². The van der Waals surface area contributed by atoms with Crippen LogP contribution in [-0.2, 0) is 4.79 Å². The molecule has 27 heavy (non-hydrogen) atoms. The van der Waals surface area contributed by atoms with Gasteiger partial charge in [-0.3, -0.25) is 4.79 Å². The SMILES string of the molecule is C/C(C=O)=C\[C@@]1(O)CC[C@@]2(O)[C@@H]3CCC4CC(O)CC[C@]4(C)[C@H]3CC[C@]12C. The molecule has 0 aliphatic heterocycles. The number of hydrogen-bond acceptors (Lipinski definition) is 4. The van der Waals surface area contributed by atoms with Crippen LogP contribution >= 0.6 is 0 Å². The first-order chi connectivity index (χ1) is 12.6. The monoisotopic (exact) mass is 376 g/mol. The van der Waals surface area contributed by atoms with Gasteiger partial charge in [0.1, 0.15) is 6.29 Å². The van der Waals surface area contributed by atoms with Crippen molar-refractivity contribution >= 4 is 6.29 Å². The lowest BCUT2D eigenvalue weighted by molar-refractivity contribution is -0.227. The zero-order valence-corrected chi connectivity index (χ0v) is 17.1. The van der Waals surface area contributed by atoms with Crippen molar-refractivity contribution in [2.75, 3.05) is 0 Å². The molecule has 0 amide bonds. The van der Waals surface area contributed by atoms with Gasteiger partial charge in [0.2, 0.25) is 0 Å². The van der Waals surface area contributed by atoms with E-state index in [2.05, 4.69) is 6.92 Å². The molecule has 0 saturated heterocycles. The summed E-state index contributed by atoms with van der Waals surface area (Å²) in [7, 11) is 0. The standard InChI is InChI=1S/C23H36O4/c1-15(14-24)13-22(26)10-11-23(27)19-5-4-16-12-17(25)6-8-20(16,2)18(19)7-9-21(22,23)3/h13-14,16-19,25-27H,4-12H2,1-3H3/b15-13+/t16?,17?,18-,19+,20-,21+,22-,23+/m0/s1. The molecule has 0 aromatic carbocycles. The van der Waals surface area contributed by atoms with Crippen molar-refractivity contribution in [3.63, 3.8) is 0 Å². The number of fused-ring (bicyclic) bond motifs is 5. The van der Waals surface area contributed by atoms with E-state index in [1.807, 2.05) is 6.92 Å². The Morgan fingerprint density at radius 1 is 0.963 bits per heavy atom. The summed E-state index contributed by atoms with van der Waals surface area (Å²) >= 11 is 0. The van der Waals surface area contributed by atoms with Gasteiger partial charge in [-0.1, -0.05) is 13.8 Å². The number of allylic oxidation sites excluding steroid dienone is 1. The minimum Gasteiger partial charge on any atom is -0.393 e. The van der Waals surface area contributed by atoms with E-state index < -0.39 is 16.6 Å². The van der Waals surface area contributed by atoms with Crippen LogP contribution in [0.3, 0.4) is 0 Å². The van der Waals surface area contributed by atoms with Crippen LogP contribution in [0.1, 0.15) is 78.6 Å². The lowest BCUT2D eigenvalue weighted by Crippen LogP contribution is -2.65. The highest BCUT2D eigenvalue weighted by Crippen LogP contribution is 2.70. The normalized spacial score (nSPS) is 55.4. The van der Waals surface area contributed by atoms with E-state index >= 15 is 0 Å². The Hall–Kier alpha value is -0.710. The molecule has 4 rings (SSSR count). The van der Waals surface area contributed by atoms with Gasteiger partial charge in [0.05, 0.1) is 17.3 Å². The van der Waals surface area contributed by atoms with E-state index in [0.717, 1.165) is 51.2 Å². The molecule has 4 fully saturated rings. The third-order valence-corrected chi connectivity index (χ3v) is 9.68. The topological polar surface area (TPSA) is 77.8 Å². The number of carbonyl (C=O) groups is 1. The highest BCUT2D eigenvalue weighted by molar-refractivity contribution is 5.72. The van der Waals surface area contributed by atoms with Crippen LogP contribution < -0.4 is 0 Å². The zero-order valence-electron chi connectivity index (χ0n) is 17.1. The average molecular weight is 377 g/mol. The molecular formula is C23H36O4. The molecule has 8 atom stereocenters. The Balaban J connectivity index is 1.69. The minimum atomic E-state index is -1.11. The van der Waals surface area contributed by atoms with Gasteiger partial charge in [0, 0.05) is 5.41 Å². The van der Waals surface area contributed by atoms with E-state index in [4.69, 9.17) is 0 Å². The molecule has 0 spiro atoms. The van der Waals surface area contributed by atoms with Crippen LogP contribution in [0.2, 0.25) is 0 Å². The fourth-order valence-corrected chi connectivity index (χ4v) is 7.90. The molecule has 2 unspecified atom stereocenters. The molecule has 4 aliphatic rings. The molecule has 4 saturated carbocycles. The summed E-state index contributed by atoms with van der Waals surface area (Å²) in [5.41, 5.74) is -1.87. The third-order valence-electron chi connectivity index (χ3n) is 9.68. The van der Waals surface area contributed by atoms with Crippen LogP contribution in [-0.4, -0.2) is 38.9 Å². The van der Waals surface area contributed by atoms with Gasteiger partial charge in [0.15, 0.2) is 0 Å². The molecule has 0 aromatic rings. The number of carbonyl (C=O) groups excluding carboxylic acids is 1. The van der Waals surface area contributed by atoms with E-state index in [0.29, 0.717) is 30.3 Å². The summed E-state index contributed by atoms with van der Waals surface area (Å²) in [4.78, 5) is 11.2. The first-order valence-corrected chi connectivity index (χ1v) is 10.9. The Bertz CT molecular complexity index is 659. The Morgan fingerprint density at radius 2 is 1.70 bits per heavy atom. The highest BCUT2D eigenvalue weighted by atomic mass is 16.3. The van der Waals surface area contributed by atoms with Gasteiger partial charge in [-0.25, -0.2) is 0 Å². The molecule has 0 radical (unpaired) electrons. The summed E-state index contributed by atoms with van der Waals surface area (Å²) < 4.78 is 0. The summed E-state index contributed by atoms with van der Waals surface area (Å²) in [6, 6.07) is 0. The van der Waals surface area contributed by atoms with Crippen molar-refractivity contribution in [2.45, 2.75) is 95.9 Å². The van der Waals surface area contributed by atoms with Gasteiger partial charge in [-0.05, 0) is 99.5 Å². The van der Waals surface area contributed by atoms with E-state index in [1.165, 1.54) is 0 Å². The number of rotatable bonds is 2. The van der Waals surface area contributed by atoms with Crippen LogP contribution in [0.15, 0.2) is 11.6 Å². The fraction of sp³-hybridized carbons (Fsp3) is 0.870. The Kier molecular flexibility index (Phi) is 4.46. The second kappa shape index (κ2) is 6.14. The predicted octanol–water partition coefficient (Wildman–Crippen LogP) is 3.38. The second-order valence-electron chi connectivity index (χ2n) is 10.6. The minimum absolute atomic E-state index is 0.162. The van der Waals surface area contributed by atoms with Crippen molar-refractivity contribution in [3.8, 4) is 0 Å². The van der Waals surface area contributed by atoms with E-state index in [-0.39, 0.29) is 17.4 Å². The number of aldehydes is 1. The fourth-order valence-electron chi connectivity index (χ4n) is 7.90. The number of hydrogen-bond donors (Lipinski definition) is 3. The molecule has 0 heterocycles. The lowest BCUT2D eigenvalue weighted by Gasteiger charge is -2.64. The summed E-state index contributed by atoms with van der Waals surface area (Å²) in [6.45, 7) is 6.17. The summed E-state index contributed by atoms with van der Waals surface area (Å²) in [5, 5.41) is 33.7. The van der Waals surface area contributed by atoms with Crippen molar-refractivity contribution in [1.29, 1.82) is 0 Å². The maximum Gasteiger partial charge on any atom is 0.145 e. The average Bonchev–Trinajstić information content (AvgIpc) is 2.83. The highest BCUT2D eigenvalue weighted by Gasteiger charge is 2.71. The molecular weight excluding hydrogens is 340 g/mol. The van der Waals surface area contributed by atoms with Crippen molar-refractivity contribution in [3.05, 3.63) is 11.6 Å². The molecule has 4 heteroatoms. The second-order valence-corrected chi connectivity index (χ2v) is 10.6. The van der Waals surface area contributed by atoms with Crippen LogP contribution in [0.4, 0.5) is 0 Å². The number of aliphatic hydroxyl groups excluding tert-OH is 1. The van der Waals surface area contributed by atoms with E-state index in [9.17, 15) is 20.1 Å². The molecule has 0 aromatic heterocycles. The van der Waals surface area contributed by atoms with Gasteiger partial charge in [0.25, 0.3) is 0 Å². The molecule has 152 valence electrons. The number of aliphatic hydroxyl groups is 3. The molecule has 4 nitrogen and oxygen atoms in total. The van der Waals surface area contributed by atoms with Crippen molar-refractivity contribution in [1.82, 2.24) is 0 Å². The maximum absolute atomic E-state index is 12.0. The van der Waals surface area contributed by atoms with Crippen LogP contribution in [0.25, 0.3) is 0 Å². The summed E-state index contributed by atoms with van der Waals surface area (Å²) in [6.07, 6.45) is 10.1. The van der Waals surface area contributed by atoms with Crippen molar-refractivity contribution < 1.29 is 20.1 Å². The van der Waals surface area contributed by atoms with E-state index in [1.54, 1.807) is 13.0 Å². The van der Waals surface area contributed by atoms with Crippen LogP contribution in [0.5, 0.6) is 0 Å². The molecule has 0 bridgehead atoms. The Morgan fingerprint density at radius 3 is 2.41 bits per heavy atom. The van der Waals surface area contributed by atoms with Gasteiger partial charge < -0.3 is 15.3 Å². The first-order valence-electron chi connectivity index (χ1n) is 10.9. The van der Waals surface area contributed by atoms with Crippen molar-refractivity contribution in [2.24, 2.45) is 28.6 Å². The smallest absolute Gasteiger partial charge is 0.145 e. The zero-order chi connectivity index (χ0) is 19.7. The van der Waals surface area contributed by atoms with Crippen LogP contribution in [0, 0.1) is 28.6 Å².